The van der Waals surface area contributed by atoms with Gasteiger partial charge in [0.15, 0.2) is 12.1 Å². The lowest BCUT2D eigenvalue weighted by molar-refractivity contribution is -0.0509. The van der Waals surface area contributed by atoms with Gasteiger partial charge < -0.3 is 25.4 Å². The molecule has 1 fully saturated rings. The van der Waals surface area contributed by atoms with Crippen molar-refractivity contribution >= 4 is 5.84 Å². The Morgan fingerprint density at radius 1 is 1.58 bits per heavy atom. The van der Waals surface area contributed by atoms with Gasteiger partial charge in [0.25, 0.3) is 0 Å². The highest BCUT2D eigenvalue weighted by Crippen LogP contribution is 2.30. The number of ether oxygens (including phenoxy) is 2. The monoisotopic (exact) mass is 271 g/mol. The van der Waals surface area contributed by atoms with Crippen LogP contribution in [-0.4, -0.2) is 62.8 Å². The van der Waals surface area contributed by atoms with Crippen LogP contribution in [0.25, 0.3) is 0 Å². The molecule has 1 aromatic rings. The highest BCUT2D eigenvalue weighted by molar-refractivity contribution is 5.90. The normalized spacial score (nSPS) is 30.7. The molecule has 4 atom stereocenters. The molecule has 0 amide bonds. The molecule has 0 unspecified atom stereocenters. The summed E-state index contributed by atoms with van der Waals surface area (Å²) in [4.78, 5) is 3.81. The van der Waals surface area contributed by atoms with E-state index in [0.29, 0.717) is 13.0 Å². The number of hydrogen-bond donors (Lipinski definition) is 4. The third-order valence-electron chi connectivity index (χ3n) is 2.95. The molecule has 1 aromatic heterocycles. The summed E-state index contributed by atoms with van der Waals surface area (Å²) in [6, 6.07) is 0. The van der Waals surface area contributed by atoms with Crippen LogP contribution in [0.4, 0.5) is 0 Å². The van der Waals surface area contributed by atoms with Crippen molar-refractivity contribution < 1.29 is 19.7 Å². The van der Waals surface area contributed by atoms with E-state index in [9.17, 15) is 10.2 Å². The smallest absolute Gasteiger partial charge is 0.215 e. The lowest BCUT2D eigenvalue weighted by Crippen LogP contribution is -2.32. The zero-order valence-electron chi connectivity index (χ0n) is 10.4. The topological polar surface area (TPSA) is 140 Å². The van der Waals surface area contributed by atoms with Gasteiger partial charge in [-0.2, -0.15) is 0 Å². The predicted molar refractivity (Wildman–Crippen MR) is 63.5 cm³/mol. The molecule has 9 nitrogen and oxygen atoms in total. The maximum Gasteiger partial charge on any atom is 0.215 e. The summed E-state index contributed by atoms with van der Waals surface area (Å²) >= 11 is 0. The fraction of sp³-hybridized carbons (Fsp3) is 0.700. The number of nitrogens with zero attached hydrogens (tertiary/aromatic N) is 3. The summed E-state index contributed by atoms with van der Waals surface area (Å²) in [6.07, 6.45) is -1.77. The van der Waals surface area contributed by atoms with E-state index >= 15 is 0 Å². The molecule has 1 aliphatic rings. The number of amidine groups is 1. The minimum absolute atomic E-state index is 0.0469. The van der Waals surface area contributed by atoms with Crippen LogP contribution in [0.2, 0.25) is 0 Å². The second-order valence-corrected chi connectivity index (χ2v) is 4.29. The van der Waals surface area contributed by atoms with Crippen molar-refractivity contribution in [1.29, 1.82) is 5.41 Å². The SMILES string of the molecule is COCC[C@H]1O[C@@H](n2cnc(C(=N)N)n2)[C@H](O)[C@@H]1O. The van der Waals surface area contributed by atoms with Crippen molar-refractivity contribution in [3.8, 4) is 0 Å². The maximum absolute atomic E-state index is 9.94. The molecule has 106 valence electrons. The second-order valence-electron chi connectivity index (χ2n) is 4.29. The van der Waals surface area contributed by atoms with Gasteiger partial charge in [-0.1, -0.05) is 0 Å². The van der Waals surface area contributed by atoms with Crippen molar-refractivity contribution in [2.75, 3.05) is 13.7 Å². The van der Waals surface area contributed by atoms with E-state index in [4.69, 9.17) is 20.6 Å². The molecule has 1 aliphatic heterocycles. The van der Waals surface area contributed by atoms with E-state index in [0.717, 1.165) is 0 Å². The molecule has 0 spiro atoms. The number of methoxy groups -OCH3 is 1. The second kappa shape index (κ2) is 5.61. The average molecular weight is 271 g/mol. The first kappa shape index (κ1) is 13.9. The first-order valence-corrected chi connectivity index (χ1v) is 5.80. The van der Waals surface area contributed by atoms with Gasteiger partial charge in [0.05, 0.1) is 6.10 Å². The van der Waals surface area contributed by atoms with E-state index in [1.807, 2.05) is 0 Å². The minimum atomic E-state index is -1.12. The molecular formula is C10H17N5O4. The Bertz CT molecular complexity index is 451. The van der Waals surface area contributed by atoms with Crippen molar-refractivity contribution in [1.82, 2.24) is 14.8 Å². The summed E-state index contributed by atoms with van der Waals surface area (Å²) < 4.78 is 11.7. The number of nitrogen functional groups attached to an aromatic ring is 1. The molecule has 0 aromatic carbocycles. The van der Waals surface area contributed by atoms with Crippen LogP contribution in [-0.2, 0) is 9.47 Å². The fourth-order valence-electron chi connectivity index (χ4n) is 1.94. The van der Waals surface area contributed by atoms with Crippen LogP contribution >= 0.6 is 0 Å². The van der Waals surface area contributed by atoms with Crippen molar-refractivity contribution in [2.24, 2.45) is 5.73 Å². The fourth-order valence-corrected chi connectivity index (χ4v) is 1.94. The standard InChI is InChI=1S/C10H17N5O4/c1-18-3-2-5-6(16)7(17)10(19-5)15-4-13-9(14-15)8(11)12/h4-7,10,16-17H,2-3H2,1H3,(H3,11,12)/t5-,6-,7-,10-/m1/s1. The van der Waals surface area contributed by atoms with Gasteiger partial charge in [0, 0.05) is 13.7 Å². The molecule has 0 bridgehead atoms. The van der Waals surface area contributed by atoms with Crippen LogP contribution in [0.3, 0.4) is 0 Å². The van der Waals surface area contributed by atoms with Crippen LogP contribution in [0, 0.1) is 5.41 Å². The molecule has 0 aliphatic carbocycles. The summed E-state index contributed by atoms with van der Waals surface area (Å²) in [5.74, 6) is -0.228. The Kier molecular flexibility index (Phi) is 4.10. The van der Waals surface area contributed by atoms with Gasteiger partial charge in [-0.3, -0.25) is 5.41 Å². The quantitative estimate of drug-likeness (QED) is 0.366. The number of aromatic nitrogens is 3. The Morgan fingerprint density at radius 2 is 2.32 bits per heavy atom. The molecule has 2 heterocycles. The van der Waals surface area contributed by atoms with E-state index < -0.39 is 24.5 Å². The van der Waals surface area contributed by atoms with Gasteiger partial charge in [0.2, 0.25) is 5.82 Å². The lowest BCUT2D eigenvalue weighted by Gasteiger charge is -2.13. The summed E-state index contributed by atoms with van der Waals surface area (Å²) in [7, 11) is 1.55. The van der Waals surface area contributed by atoms with Crippen LogP contribution in [0.5, 0.6) is 0 Å². The zero-order valence-corrected chi connectivity index (χ0v) is 10.4. The number of hydrogen-bond acceptors (Lipinski definition) is 7. The van der Waals surface area contributed by atoms with Crippen molar-refractivity contribution in [3.63, 3.8) is 0 Å². The highest BCUT2D eigenvalue weighted by Gasteiger charge is 2.43. The first-order valence-electron chi connectivity index (χ1n) is 5.80. The summed E-state index contributed by atoms with van der Waals surface area (Å²) in [5.41, 5.74) is 5.26. The van der Waals surface area contributed by atoms with Gasteiger partial charge in [-0.15, -0.1) is 5.10 Å². The summed E-state index contributed by atoms with van der Waals surface area (Å²) in [6.45, 7) is 0.414. The predicted octanol–water partition coefficient (Wildman–Crippen LogP) is -1.78. The van der Waals surface area contributed by atoms with Gasteiger partial charge in [-0.05, 0) is 6.42 Å². The number of nitrogens with one attached hydrogen (secondary N) is 1. The Labute approximate surface area is 109 Å². The molecule has 0 saturated carbocycles. The van der Waals surface area contributed by atoms with Crippen LogP contribution in [0.1, 0.15) is 18.5 Å². The highest BCUT2D eigenvalue weighted by atomic mass is 16.6. The Hall–Kier alpha value is -1.55. The third-order valence-corrected chi connectivity index (χ3v) is 2.95. The summed E-state index contributed by atoms with van der Waals surface area (Å²) in [5, 5.41) is 30.9. The zero-order chi connectivity index (χ0) is 14.0. The minimum Gasteiger partial charge on any atom is -0.388 e. The van der Waals surface area contributed by atoms with Crippen LogP contribution in [0.15, 0.2) is 6.33 Å². The van der Waals surface area contributed by atoms with Crippen LogP contribution < -0.4 is 5.73 Å². The van der Waals surface area contributed by atoms with Gasteiger partial charge in [-0.25, -0.2) is 9.67 Å². The molecule has 2 rings (SSSR count). The number of rotatable bonds is 5. The van der Waals surface area contributed by atoms with E-state index in [2.05, 4.69) is 10.1 Å². The Morgan fingerprint density at radius 3 is 2.89 bits per heavy atom. The van der Waals surface area contributed by atoms with Gasteiger partial charge >= 0.3 is 0 Å². The molecule has 19 heavy (non-hydrogen) atoms. The largest absolute Gasteiger partial charge is 0.388 e. The molecular weight excluding hydrogens is 254 g/mol. The molecule has 5 N–H and O–H groups in total. The molecule has 1 saturated heterocycles. The molecule has 0 radical (unpaired) electrons. The third kappa shape index (κ3) is 2.73. The van der Waals surface area contributed by atoms with Crippen molar-refractivity contribution in [3.05, 3.63) is 12.2 Å². The van der Waals surface area contributed by atoms with Gasteiger partial charge in [0.1, 0.15) is 18.5 Å². The number of aliphatic hydroxyl groups excluding tert-OH is 2. The number of aliphatic hydroxyl groups is 2. The average Bonchev–Trinajstić information content (AvgIpc) is 2.95. The van der Waals surface area contributed by atoms with Crippen molar-refractivity contribution in [2.45, 2.75) is 31.0 Å². The Balaban J connectivity index is 2.09. The van der Waals surface area contributed by atoms with E-state index in [1.54, 1.807) is 7.11 Å². The molecule has 9 heteroatoms. The number of nitrogens with two attached hydrogens (primary N) is 1. The van der Waals surface area contributed by atoms with E-state index in [-0.39, 0.29) is 11.7 Å². The lowest BCUT2D eigenvalue weighted by atomic mass is 10.1. The maximum atomic E-state index is 9.94. The van der Waals surface area contributed by atoms with E-state index in [1.165, 1.54) is 11.0 Å². The first-order chi connectivity index (χ1) is 9.04.